The van der Waals surface area contributed by atoms with Crippen molar-refractivity contribution >= 4 is 29.3 Å². The maximum absolute atomic E-state index is 12.7. The summed E-state index contributed by atoms with van der Waals surface area (Å²) in [6.07, 6.45) is -2.67. The minimum atomic E-state index is -2.67. The summed E-state index contributed by atoms with van der Waals surface area (Å²) in [4.78, 5) is 16.7. The molecule has 6 nitrogen and oxygen atoms in total. The third-order valence-corrected chi connectivity index (χ3v) is 3.38. The Morgan fingerprint density at radius 2 is 1.96 bits per heavy atom. The number of amides is 1. The first-order chi connectivity index (χ1) is 12.1. The number of nitrogens with one attached hydrogen (secondary N) is 3. The van der Waals surface area contributed by atoms with Crippen LogP contribution >= 0.6 is 11.6 Å². The Balaban J connectivity index is 2.17. The fourth-order valence-corrected chi connectivity index (χ4v) is 1.97. The number of rotatable bonds is 4. The number of aromatic nitrogens is 2. The van der Waals surface area contributed by atoms with Crippen LogP contribution in [0.3, 0.4) is 0 Å². The van der Waals surface area contributed by atoms with E-state index in [0.717, 1.165) is 6.07 Å². The molecule has 0 bridgehead atoms. The Bertz CT molecular complexity index is 781. The van der Waals surface area contributed by atoms with E-state index in [2.05, 4.69) is 25.8 Å². The highest BCUT2D eigenvalue weighted by molar-refractivity contribution is 6.30. The molecule has 0 radical (unpaired) electrons. The van der Waals surface area contributed by atoms with E-state index in [0.29, 0.717) is 17.1 Å². The van der Waals surface area contributed by atoms with Crippen molar-refractivity contribution in [1.82, 2.24) is 15.5 Å². The fourth-order valence-electron chi connectivity index (χ4n) is 1.84. The molecule has 0 fully saturated rings. The van der Waals surface area contributed by atoms with Crippen molar-refractivity contribution in [1.29, 1.82) is 0 Å². The Kier molecular flexibility index (Phi) is 6.31. The summed E-state index contributed by atoms with van der Waals surface area (Å²) < 4.78 is 25.4. The number of halogens is 3. The molecule has 0 aliphatic rings. The first-order valence-corrected chi connectivity index (χ1v) is 8.24. The van der Waals surface area contributed by atoms with E-state index in [1.54, 1.807) is 24.3 Å². The molecule has 1 aromatic heterocycles. The number of H-pyrrole nitrogens is 1. The van der Waals surface area contributed by atoms with Crippen molar-refractivity contribution in [2.75, 3.05) is 11.9 Å². The number of hydrogen-bond donors (Lipinski definition) is 3. The fraction of sp³-hybridized carbons (Fsp3) is 0.353. The van der Waals surface area contributed by atoms with E-state index in [-0.39, 0.29) is 22.9 Å². The number of aromatic amines is 1. The molecule has 0 unspecified atom stereocenters. The number of nitrogens with zero attached hydrogens (tertiary/aromatic N) is 2. The van der Waals surface area contributed by atoms with Crippen LogP contribution in [-0.2, 0) is 0 Å². The second-order valence-electron chi connectivity index (χ2n) is 6.82. The minimum absolute atomic E-state index is 0.118. The first kappa shape index (κ1) is 19.8. The van der Waals surface area contributed by atoms with Crippen molar-refractivity contribution in [2.24, 2.45) is 10.4 Å². The van der Waals surface area contributed by atoms with Crippen LogP contribution in [0.5, 0.6) is 0 Å². The molecule has 1 amide bonds. The van der Waals surface area contributed by atoms with Gasteiger partial charge in [0, 0.05) is 23.2 Å². The summed E-state index contributed by atoms with van der Waals surface area (Å²) in [5.41, 5.74) is -0.0703. The molecular formula is C17H20ClF2N5O. The molecule has 140 valence electrons. The summed E-state index contributed by atoms with van der Waals surface area (Å²) in [5, 5.41) is 11.9. The van der Waals surface area contributed by atoms with E-state index in [4.69, 9.17) is 11.6 Å². The highest BCUT2D eigenvalue weighted by Crippen LogP contribution is 2.19. The van der Waals surface area contributed by atoms with Gasteiger partial charge >= 0.3 is 0 Å². The molecule has 2 rings (SSSR count). The lowest BCUT2D eigenvalue weighted by Gasteiger charge is -2.16. The SMILES string of the molecule is CC(C)(C)CN=C(NC(=O)c1ccc(Cl)cc1)Nc1cc(C(F)F)[nH]n1. The second-order valence-corrected chi connectivity index (χ2v) is 7.26. The van der Waals surface area contributed by atoms with E-state index in [9.17, 15) is 13.6 Å². The van der Waals surface area contributed by atoms with Crippen molar-refractivity contribution in [3.8, 4) is 0 Å². The van der Waals surface area contributed by atoms with Crippen LogP contribution in [0.4, 0.5) is 14.6 Å². The van der Waals surface area contributed by atoms with Gasteiger partial charge in [0.1, 0.15) is 5.69 Å². The normalized spacial score (nSPS) is 12.3. The molecule has 1 heterocycles. The van der Waals surface area contributed by atoms with Gasteiger partial charge < -0.3 is 5.32 Å². The lowest BCUT2D eigenvalue weighted by Crippen LogP contribution is -2.37. The van der Waals surface area contributed by atoms with E-state index in [1.165, 1.54) is 0 Å². The molecule has 0 aliphatic heterocycles. The predicted molar refractivity (Wildman–Crippen MR) is 97.8 cm³/mol. The van der Waals surface area contributed by atoms with Crippen molar-refractivity contribution in [2.45, 2.75) is 27.2 Å². The van der Waals surface area contributed by atoms with Gasteiger partial charge in [-0.3, -0.25) is 20.2 Å². The lowest BCUT2D eigenvalue weighted by molar-refractivity contribution is 0.0976. The van der Waals surface area contributed by atoms with Gasteiger partial charge in [0.05, 0.1) is 0 Å². The van der Waals surface area contributed by atoms with E-state index < -0.39 is 12.3 Å². The van der Waals surface area contributed by atoms with Gasteiger partial charge in [0.25, 0.3) is 12.3 Å². The molecule has 0 aliphatic carbocycles. The van der Waals surface area contributed by atoms with Gasteiger partial charge in [-0.15, -0.1) is 0 Å². The zero-order valence-electron chi connectivity index (χ0n) is 14.6. The number of carbonyl (C=O) groups excluding carboxylic acids is 1. The molecule has 3 N–H and O–H groups in total. The van der Waals surface area contributed by atoms with Gasteiger partial charge in [-0.2, -0.15) is 5.10 Å². The molecule has 0 saturated heterocycles. The van der Waals surface area contributed by atoms with Crippen molar-refractivity contribution < 1.29 is 13.6 Å². The van der Waals surface area contributed by atoms with Gasteiger partial charge in [-0.25, -0.2) is 8.78 Å². The van der Waals surface area contributed by atoms with Gasteiger partial charge in [0.2, 0.25) is 5.96 Å². The summed E-state index contributed by atoms with van der Waals surface area (Å²) in [5.74, 6) is -0.164. The first-order valence-electron chi connectivity index (χ1n) is 7.86. The number of guanidine groups is 1. The average molecular weight is 384 g/mol. The Morgan fingerprint density at radius 1 is 1.31 bits per heavy atom. The molecular weight excluding hydrogens is 364 g/mol. The summed E-state index contributed by atoms with van der Waals surface area (Å²) >= 11 is 5.82. The molecule has 9 heteroatoms. The topological polar surface area (TPSA) is 82.2 Å². The van der Waals surface area contributed by atoms with Gasteiger partial charge in [-0.1, -0.05) is 32.4 Å². The maximum atomic E-state index is 12.7. The van der Waals surface area contributed by atoms with Crippen LogP contribution in [0, 0.1) is 5.41 Å². The highest BCUT2D eigenvalue weighted by atomic mass is 35.5. The van der Waals surface area contributed by atoms with Crippen LogP contribution in [0.15, 0.2) is 35.3 Å². The van der Waals surface area contributed by atoms with E-state index in [1.807, 2.05) is 20.8 Å². The number of benzene rings is 1. The molecule has 0 spiro atoms. The number of alkyl halides is 2. The highest BCUT2D eigenvalue weighted by Gasteiger charge is 2.15. The largest absolute Gasteiger partial charge is 0.309 e. The summed E-state index contributed by atoms with van der Waals surface area (Å²) in [6, 6.07) is 7.49. The Labute approximate surface area is 155 Å². The molecule has 0 atom stereocenters. The van der Waals surface area contributed by atoms with Crippen LogP contribution in [0.1, 0.15) is 43.2 Å². The van der Waals surface area contributed by atoms with Crippen LogP contribution in [0.2, 0.25) is 5.02 Å². The Morgan fingerprint density at radius 3 is 2.50 bits per heavy atom. The van der Waals surface area contributed by atoms with E-state index >= 15 is 0 Å². The number of carbonyl (C=O) groups is 1. The predicted octanol–water partition coefficient (Wildman–Crippen LogP) is 4.24. The molecule has 1 aromatic carbocycles. The van der Waals surface area contributed by atoms with Crippen LogP contribution in [-0.4, -0.2) is 28.6 Å². The van der Waals surface area contributed by atoms with Crippen LogP contribution < -0.4 is 10.6 Å². The zero-order chi connectivity index (χ0) is 19.3. The second kappa shape index (κ2) is 8.27. The standard InChI is InChI=1S/C17H20ClF2N5O/c1-17(2,3)9-21-16(22-13-8-12(14(19)20)24-25-13)23-15(26)10-4-6-11(18)7-5-10/h4-8,14H,9H2,1-3H3,(H3,21,22,23,24,25,26). The van der Waals surface area contributed by atoms with Gasteiger partial charge in [0.15, 0.2) is 5.82 Å². The van der Waals surface area contributed by atoms with Crippen LogP contribution in [0.25, 0.3) is 0 Å². The lowest BCUT2D eigenvalue weighted by atomic mass is 9.97. The molecule has 0 saturated carbocycles. The maximum Gasteiger partial charge on any atom is 0.279 e. The van der Waals surface area contributed by atoms with Crippen molar-refractivity contribution in [3.05, 3.63) is 46.6 Å². The third-order valence-electron chi connectivity index (χ3n) is 3.13. The van der Waals surface area contributed by atoms with Gasteiger partial charge in [-0.05, 0) is 29.7 Å². The molecule has 2 aromatic rings. The third kappa shape index (κ3) is 6.11. The van der Waals surface area contributed by atoms with Crippen molar-refractivity contribution in [3.63, 3.8) is 0 Å². The quantitative estimate of drug-likeness (QED) is 0.545. The number of hydrogen-bond acceptors (Lipinski definition) is 3. The number of aliphatic imine (C=N–C) groups is 1. The average Bonchev–Trinajstić information content (AvgIpc) is 3.01. The summed E-state index contributed by atoms with van der Waals surface area (Å²) in [7, 11) is 0. The minimum Gasteiger partial charge on any atom is -0.309 e. The summed E-state index contributed by atoms with van der Waals surface area (Å²) in [6.45, 7) is 6.36. The smallest absolute Gasteiger partial charge is 0.279 e. The monoisotopic (exact) mass is 383 g/mol. The number of anilines is 1. The molecule has 26 heavy (non-hydrogen) atoms. The zero-order valence-corrected chi connectivity index (χ0v) is 15.4. The Hall–Kier alpha value is -2.48.